The normalized spacial score (nSPS) is 14.9. The highest BCUT2D eigenvalue weighted by Gasteiger charge is 2.29. The highest BCUT2D eigenvalue weighted by Crippen LogP contribution is 2.46. The summed E-state index contributed by atoms with van der Waals surface area (Å²) in [5.74, 6) is 0.710. The summed E-state index contributed by atoms with van der Waals surface area (Å²) < 4.78 is 17.9. The summed E-state index contributed by atoms with van der Waals surface area (Å²) in [5, 5.41) is 5.06. The van der Waals surface area contributed by atoms with Gasteiger partial charge in [-0.3, -0.25) is 4.57 Å². The van der Waals surface area contributed by atoms with Gasteiger partial charge in [0.1, 0.15) is 0 Å². The quantitative estimate of drug-likeness (QED) is 0.324. The molecule has 0 aliphatic rings. The topological polar surface area (TPSA) is 44.7 Å². The number of alkyl halides is 2. The minimum atomic E-state index is -3.09. The van der Waals surface area contributed by atoms with Crippen molar-refractivity contribution in [1.29, 1.82) is 0 Å². The molecule has 0 spiro atoms. The van der Waals surface area contributed by atoms with Crippen LogP contribution in [0.15, 0.2) is 4.76 Å². The van der Waals surface area contributed by atoms with E-state index in [0.29, 0.717) is 24.8 Å². The summed E-state index contributed by atoms with van der Waals surface area (Å²) in [6, 6.07) is 0.0195. The predicted molar refractivity (Wildman–Crippen MR) is 73.9 cm³/mol. The maximum Gasteiger partial charge on any atom is 0.335 e. The molecule has 0 saturated heterocycles. The molecule has 0 aromatic carbocycles. The first-order chi connectivity index (χ1) is 7.50. The van der Waals surface area contributed by atoms with E-state index in [9.17, 15) is 4.57 Å². The number of nitrogens with zero attached hydrogens (tertiary/aromatic N) is 2. The van der Waals surface area contributed by atoms with Crippen LogP contribution in [0.4, 0.5) is 0 Å². The van der Waals surface area contributed by atoms with Gasteiger partial charge < -0.3 is 0 Å². The van der Waals surface area contributed by atoms with Crippen molar-refractivity contribution in [2.75, 3.05) is 24.8 Å². The molecule has 94 valence electrons. The van der Waals surface area contributed by atoms with Crippen molar-refractivity contribution in [2.45, 2.75) is 19.9 Å². The summed E-state index contributed by atoms with van der Waals surface area (Å²) in [4.78, 5) is 0. The van der Waals surface area contributed by atoms with Crippen LogP contribution in [0.3, 0.4) is 0 Å². The number of isothiocyanates is 1. The smallest absolute Gasteiger partial charge is 0.261 e. The predicted octanol–water partition coefficient (Wildman–Crippen LogP) is 2.97. The second-order valence-corrected chi connectivity index (χ2v) is 6.40. The molecule has 8 heteroatoms. The zero-order valence-electron chi connectivity index (χ0n) is 9.32. The number of halogens is 2. The second-order valence-electron chi connectivity index (χ2n) is 3.35. The molecule has 0 bridgehead atoms. The van der Waals surface area contributed by atoms with Crippen LogP contribution in [0.2, 0.25) is 0 Å². The standard InChI is InChI=1S/C8H16Cl2N3OPS/c1-8(2)12-15(14,11-7-16)13(5-3-9)6-4-10/h8H,3-6H2,1-2H3,(H,12,14). The van der Waals surface area contributed by atoms with Crippen LogP contribution < -0.4 is 5.09 Å². The zero-order valence-corrected chi connectivity index (χ0v) is 12.5. The highest BCUT2D eigenvalue weighted by atomic mass is 35.5. The van der Waals surface area contributed by atoms with Crippen molar-refractivity contribution in [1.82, 2.24) is 9.76 Å². The van der Waals surface area contributed by atoms with Gasteiger partial charge in [-0.1, -0.05) is 0 Å². The highest BCUT2D eigenvalue weighted by molar-refractivity contribution is 7.78. The molecule has 16 heavy (non-hydrogen) atoms. The van der Waals surface area contributed by atoms with Crippen LogP contribution in [-0.4, -0.2) is 40.7 Å². The Morgan fingerprint density at radius 3 is 2.25 bits per heavy atom. The van der Waals surface area contributed by atoms with Crippen LogP contribution in [-0.2, 0) is 4.57 Å². The number of thiocarbonyl (C=S) groups is 1. The summed E-state index contributed by atoms with van der Waals surface area (Å²) in [7, 11) is -3.09. The molecule has 0 aliphatic carbocycles. The van der Waals surface area contributed by atoms with E-state index in [1.165, 1.54) is 0 Å². The van der Waals surface area contributed by atoms with E-state index < -0.39 is 7.59 Å². The Morgan fingerprint density at radius 2 is 1.94 bits per heavy atom. The first kappa shape index (κ1) is 16.5. The fourth-order valence-electron chi connectivity index (χ4n) is 1.14. The van der Waals surface area contributed by atoms with Crippen molar-refractivity contribution in [3.63, 3.8) is 0 Å². The largest absolute Gasteiger partial charge is 0.335 e. The van der Waals surface area contributed by atoms with Crippen LogP contribution >= 0.6 is 43.0 Å². The Hall–Kier alpha value is 0.530. The molecule has 0 heterocycles. The fraction of sp³-hybridized carbons (Fsp3) is 0.875. The van der Waals surface area contributed by atoms with Crippen LogP contribution in [0, 0.1) is 0 Å². The third-order valence-corrected chi connectivity index (χ3v) is 4.63. The van der Waals surface area contributed by atoms with Gasteiger partial charge in [-0.05, 0) is 26.1 Å². The molecule has 1 N–H and O–H groups in total. The first-order valence-corrected chi connectivity index (χ1v) is 7.93. The third kappa shape index (κ3) is 5.74. The van der Waals surface area contributed by atoms with Crippen molar-refractivity contribution in [2.24, 2.45) is 4.76 Å². The fourth-order valence-corrected chi connectivity index (χ4v) is 3.99. The van der Waals surface area contributed by atoms with E-state index >= 15 is 0 Å². The zero-order chi connectivity index (χ0) is 12.6. The van der Waals surface area contributed by atoms with Gasteiger partial charge in [0, 0.05) is 30.9 Å². The Balaban J connectivity index is 4.94. The Morgan fingerprint density at radius 1 is 1.44 bits per heavy atom. The van der Waals surface area contributed by atoms with Crippen LogP contribution in [0.1, 0.15) is 13.8 Å². The van der Waals surface area contributed by atoms with Gasteiger partial charge in [0.25, 0.3) is 0 Å². The SMILES string of the molecule is CC(C)NP(=O)(N=C=S)N(CCCl)CCCl. The molecule has 0 aromatic rings. The van der Waals surface area contributed by atoms with Crippen molar-refractivity contribution in [3.05, 3.63) is 0 Å². The number of hydrogen-bond acceptors (Lipinski definition) is 2. The number of rotatable bonds is 8. The molecule has 0 saturated carbocycles. The van der Waals surface area contributed by atoms with E-state index in [1.54, 1.807) is 4.67 Å². The lowest BCUT2D eigenvalue weighted by atomic mass is 10.4. The minimum Gasteiger partial charge on any atom is -0.261 e. The second kappa shape index (κ2) is 8.60. The van der Waals surface area contributed by atoms with Gasteiger partial charge in [0.05, 0.1) is 5.16 Å². The van der Waals surface area contributed by atoms with Gasteiger partial charge in [-0.2, -0.15) is 0 Å². The van der Waals surface area contributed by atoms with Crippen molar-refractivity contribution < 1.29 is 4.57 Å². The Kier molecular flexibility index (Phi) is 8.88. The molecule has 1 atom stereocenters. The van der Waals surface area contributed by atoms with Gasteiger partial charge in [0.2, 0.25) is 0 Å². The monoisotopic (exact) mass is 303 g/mol. The van der Waals surface area contributed by atoms with E-state index in [1.807, 2.05) is 13.8 Å². The molecule has 0 radical (unpaired) electrons. The summed E-state index contributed by atoms with van der Waals surface area (Å²) in [6.07, 6.45) is 0. The maximum atomic E-state index is 12.5. The average molecular weight is 304 g/mol. The van der Waals surface area contributed by atoms with E-state index in [4.69, 9.17) is 23.2 Å². The summed E-state index contributed by atoms with van der Waals surface area (Å²) >= 11 is 15.8. The van der Waals surface area contributed by atoms with Crippen LogP contribution in [0.5, 0.6) is 0 Å². The molecular formula is C8H16Cl2N3OPS. The van der Waals surface area contributed by atoms with E-state index in [-0.39, 0.29) is 6.04 Å². The molecule has 0 aliphatic heterocycles. The van der Waals surface area contributed by atoms with E-state index in [2.05, 4.69) is 27.2 Å². The van der Waals surface area contributed by atoms with Gasteiger partial charge in [-0.25, -0.2) is 9.76 Å². The summed E-state index contributed by atoms with van der Waals surface area (Å²) in [5.41, 5.74) is 0. The lowest BCUT2D eigenvalue weighted by Crippen LogP contribution is -2.33. The lowest BCUT2D eigenvalue weighted by molar-refractivity contribution is 0.431. The number of hydrogen-bond donors (Lipinski definition) is 1. The third-order valence-electron chi connectivity index (χ3n) is 1.67. The first-order valence-electron chi connectivity index (χ1n) is 4.84. The Labute approximate surface area is 112 Å². The Bertz CT molecular complexity index is 291. The van der Waals surface area contributed by atoms with Gasteiger partial charge >= 0.3 is 7.59 Å². The molecule has 4 nitrogen and oxygen atoms in total. The summed E-state index contributed by atoms with van der Waals surface area (Å²) in [6.45, 7) is 4.63. The van der Waals surface area contributed by atoms with Crippen LogP contribution in [0.25, 0.3) is 0 Å². The van der Waals surface area contributed by atoms with Gasteiger partial charge in [-0.15, -0.1) is 28.0 Å². The molecule has 0 amide bonds. The average Bonchev–Trinajstić information content (AvgIpc) is 2.16. The molecule has 0 fully saturated rings. The minimum absolute atomic E-state index is 0.0195. The number of nitrogens with one attached hydrogen (secondary N) is 1. The van der Waals surface area contributed by atoms with Gasteiger partial charge in [0.15, 0.2) is 0 Å². The molecular weight excluding hydrogens is 288 g/mol. The molecule has 1 unspecified atom stereocenters. The molecule has 0 aromatic heterocycles. The molecule has 0 rings (SSSR count). The lowest BCUT2D eigenvalue weighted by Gasteiger charge is -2.28. The van der Waals surface area contributed by atoms with Crippen molar-refractivity contribution in [3.8, 4) is 0 Å². The van der Waals surface area contributed by atoms with E-state index in [0.717, 1.165) is 0 Å². The van der Waals surface area contributed by atoms with Crippen molar-refractivity contribution >= 4 is 48.2 Å². The maximum absolute atomic E-state index is 12.5.